The molecule has 2 N–H and O–H groups in total. The molecule has 0 saturated heterocycles. The SMILES string of the molecule is O=S(O)(O)=S.[Na+].[Na+]. The van der Waals surface area contributed by atoms with Crippen LogP contribution in [-0.2, 0) is 20.2 Å². The fourth-order valence-corrected chi connectivity index (χ4v) is 0. The van der Waals surface area contributed by atoms with Crippen molar-refractivity contribution in [1.82, 2.24) is 0 Å². The van der Waals surface area contributed by atoms with E-state index in [4.69, 9.17) is 13.3 Å². The molecule has 0 saturated carbocycles. The second-order valence-corrected chi connectivity index (χ2v) is 2.65. The molecule has 0 atom stereocenters. The molecule has 0 unspecified atom stereocenters. The van der Waals surface area contributed by atoms with Gasteiger partial charge >= 0.3 is 59.1 Å². The zero-order chi connectivity index (χ0) is 4.50. The minimum Gasteiger partial charge on any atom is -0.285 e. The molecule has 7 heteroatoms. The second-order valence-electron chi connectivity index (χ2n) is 0.448. The molecule has 0 amide bonds. The zero-order valence-electron chi connectivity index (χ0n) is 4.12. The maximum atomic E-state index is 9.11. The van der Waals surface area contributed by atoms with E-state index in [-0.39, 0.29) is 59.1 Å². The first-order valence-electron chi connectivity index (χ1n) is 0.698. The average molecular weight is 160 g/mol. The Kier molecular flexibility index (Phi) is 14.8. The van der Waals surface area contributed by atoms with Gasteiger partial charge < -0.3 is 0 Å². The summed E-state index contributed by atoms with van der Waals surface area (Å²) in [6.07, 6.45) is 0. The van der Waals surface area contributed by atoms with Crippen LogP contribution in [0, 0.1) is 0 Å². The zero-order valence-corrected chi connectivity index (χ0v) is 9.75. The molecule has 0 bridgehead atoms. The molecule has 0 aliphatic rings. The standard InChI is InChI=1S/2Na.H2O3S2/c;;1-5(2,3)4/h;;(H2,1,2,3,4)/q2*+1;. The fraction of sp³-hybridized carbons (Fsp3) is 0. The third-order valence-electron chi connectivity index (χ3n) is 0. The molecule has 0 radical (unpaired) electrons. The van der Waals surface area contributed by atoms with Crippen LogP contribution in [0.4, 0.5) is 0 Å². The van der Waals surface area contributed by atoms with E-state index in [0.29, 0.717) is 0 Å². The van der Waals surface area contributed by atoms with Gasteiger partial charge in [-0.05, 0) is 0 Å². The van der Waals surface area contributed by atoms with Crippen molar-refractivity contribution < 1.29 is 72.4 Å². The second kappa shape index (κ2) is 6.41. The largest absolute Gasteiger partial charge is 1.00 e. The van der Waals surface area contributed by atoms with Gasteiger partial charge in [0, 0.05) is 11.2 Å². The van der Waals surface area contributed by atoms with E-state index in [2.05, 4.69) is 11.2 Å². The van der Waals surface area contributed by atoms with E-state index in [1.807, 2.05) is 0 Å². The van der Waals surface area contributed by atoms with Crippen molar-refractivity contribution in [2.24, 2.45) is 0 Å². The van der Waals surface area contributed by atoms with Gasteiger partial charge in [0.05, 0.1) is 0 Å². The van der Waals surface area contributed by atoms with Crippen LogP contribution in [0.25, 0.3) is 0 Å². The normalized spacial score (nSPS) is 8.29. The molecule has 0 aliphatic heterocycles. The van der Waals surface area contributed by atoms with E-state index >= 15 is 0 Å². The van der Waals surface area contributed by atoms with Crippen LogP contribution in [-0.4, -0.2) is 13.3 Å². The van der Waals surface area contributed by atoms with E-state index in [0.717, 1.165) is 0 Å². The van der Waals surface area contributed by atoms with Gasteiger partial charge in [-0.15, -0.1) is 0 Å². The molecule has 0 rings (SSSR count). The first-order chi connectivity index (χ1) is 2.00. The van der Waals surface area contributed by atoms with Crippen LogP contribution in [0.5, 0.6) is 0 Å². The molecular weight excluding hydrogens is 158 g/mol. The first kappa shape index (κ1) is 16.1. The minimum atomic E-state index is -3.83. The smallest absolute Gasteiger partial charge is 0.285 e. The summed E-state index contributed by atoms with van der Waals surface area (Å²) in [5.41, 5.74) is 0. The number of hydrogen-bond donors (Lipinski definition) is 2. The summed E-state index contributed by atoms with van der Waals surface area (Å²) in [6, 6.07) is 0. The Bertz CT molecular complexity index is 94.1. The molecule has 32 valence electrons. The molecule has 0 fully saturated rings. The van der Waals surface area contributed by atoms with E-state index < -0.39 is 9.05 Å². The maximum Gasteiger partial charge on any atom is 1.00 e. The summed E-state index contributed by atoms with van der Waals surface area (Å²) in [6.45, 7) is 0. The third kappa shape index (κ3) is 62.5. The van der Waals surface area contributed by atoms with Crippen molar-refractivity contribution >= 4 is 20.2 Å². The van der Waals surface area contributed by atoms with Gasteiger partial charge in [-0.1, -0.05) is 0 Å². The monoisotopic (exact) mass is 160 g/mol. The van der Waals surface area contributed by atoms with Crippen LogP contribution >= 0.6 is 0 Å². The summed E-state index contributed by atoms with van der Waals surface area (Å²) >= 11 is 3.47. The Hall–Kier alpha value is 2.29. The van der Waals surface area contributed by atoms with E-state index in [9.17, 15) is 0 Å². The van der Waals surface area contributed by atoms with E-state index in [1.54, 1.807) is 0 Å². The minimum absolute atomic E-state index is 0. The van der Waals surface area contributed by atoms with Crippen LogP contribution in [0.15, 0.2) is 0 Å². The molecule has 3 nitrogen and oxygen atoms in total. The molecule has 0 aromatic heterocycles. The Labute approximate surface area is 91.2 Å². The summed E-state index contributed by atoms with van der Waals surface area (Å²) in [7, 11) is -3.83. The summed E-state index contributed by atoms with van der Waals surface area (Å²) in [5.74, 6) is 0. The topological polar surface area (TPSA) is 57.5 Å². The summed E-state index contributed by atoms with van der Waals surface area (Å²) in [5, 5.41) is 0. The van der Waals surface area contributed by atoms with Gasteiger partial charge in [-0.3, -0.25) is 9.11 Å². The Balaban J connectivity index is -0.0000000800. The summed E-state index contributed by atoms with van der Waals surface area (Å²) in [4.78, 5) is 0. The Morgan fingerprint density at radius 1 is 1.29 bits per heavy atom. The molecule has 0 spiro atoms. The van der Waals surface area contributed by atoms with Crippen LogP contribution in [0.2, 0.25) is 0 Å². The molecular formula is H2Na2O3S2+2. The average Bonchev–Trinajstić information content (AvgIpc) is 0.722. The fourth-order valence-electron chi connectivity index (χ4n) is 0. The first-order valence-corrected chi connectivity index (χ1v) is 3.10. The van der Waals surface area contributed by atoms with E-state index in [1.165, 1.54) is 0 Å². The van der Waals surface area contributed by atoms with Crippen molar-refractivity contribution in [2.75, 3.05) is 0 Å². The van der Waals surface area contributed by atoms with Gasteiger partial charge in [0.1, 0.15) is 0 Å². The van der Waals surface area contributed by atoms with Gasteiger partial charge in [0.15, 0.2) is 0 Å². The Morgan fingerprint density at radius 2 is 1.29 bits per heavy atom. The number of hydrogen-bond acceptors (Lipinski definition) is 2. The van der Waals surface area contributed by atoms with Gasteiger partial charge in [0.25, 0.3) is 9.05 Å². The predicted octanol–water partition coefficient (Wildman–Crippen LogP) is -6.31. The Morgan fingerprint density at radius 3 is 1.29 bits per heavy atom. The van der Waals surface area contributed by atoms with Crippen molar-refractivity contribution in [2.45, 2.75) is 0 Å². The van der Waals surface area contributed by atoms with Gasteiger partial charge in [-0.2, -0.15) is 4.21 Å². The van der Waals surface area contributed by atoms with Crippen LogP contribution < -0.4 is 59.1 Å². The molecule has 0 heterocycles. The molecule has 0 aliphatic carbocycles. The van der Waals surface area contributed by atoms with Crippen LogP contribution in [0.3, 0.4) is 0 Å². The number of rotatable bonds is 0. The predicted molar refractivity (Wildman–Crippen MR) is 20.8 cm³/mol. The van der Waals surface area contributed by atoms with Crippen molar-refractivity contribution in [3.05, 3.63) is 0 Å². The van der Waals surface area contributed by atoms with Gasteiger partial charge in [0.2, 0.25) is 0 Å². The van der Waals surface area contributed by atoms with Gasteiger partial charge in [-0.25, -0.2) is 0 Å². The summed E-state index contributed by atoms with van der Waals surface area (Å²) < 4.78 is 24.0. The molecule has 0 aromatic carbocycles. The molecule has 7 heavy (non-hydrogen) atoms. The third-order valence-corrected chi connectivity index (χ3v) is 0. The maximum absolute atomic E-state index is 9.11. The van der Waals surface area contributed by atoms with Crippen molar-refractivity contribution in [1.29, 1.82) is 0 Å². The van der Waals surface area contributed by atoms with Crippen LogP contribution in [0.1, 0.15) is 0 Å². The quantitative estimate of drug-likeness (QED) is 0.346. The van der Waals surface area contributed by atoms with Crippen molar-refractivity contribution in [3.63, 3.8) is 0 Å². The van der Waals surface area contributed by atoms with Crippen molar-refractivity contribution in [3.8, 4) is 0 Å². The molecule has 0 aromatic rings.